The molecule has 1 saturated carbocycles. The van der Waals surface area contributed by atoms with Crippen LogP contribution in [0.5, 0.6) is 5.75 Å². The summed E-state index contributed by atoms with van der Waals surface area (Å²) in [7, 11) is 0. The normalized spacial score (nSPS) is 25.7. The van der Waals surface area contributed by atoms with E-state index in [1.54, 1.807) is 103 Å². The fourth-order valence-corrected chi connectivity index (χ4v) is 9.81. The zero-order valence-electron chi connectivity index (χ0n) is 29.1. The summed E-state index contributed by atoms with van der Waals surface area (Å²) in [6.07, 6.45) is 2.02. The highest BCUT2D eigenvalue weighted by Gasteiger charge is 2.70. The van der Waals surface area contributed by atoms with Crippen LogP contribution < -0.4 is 9.80 Å². The molecular formula is C45H32ClFN2O6. The van der Waals surface area contributed by atoms with Crippen molar-refractivity contribution >= 4 is 52.4 Å². The molecule has 2 saturated heterocycles. The average molecular weight is 751 g/mol. The van der Waals surface area contributed by atoms with E-state index in [0.717, 1.165) is 15.9 Å². The number of hydrogen-bond acceptors (Lipinski definition) is 6. The molecular weight excluding hydrogens is 719 g/mol. The number of carbonyl (C=O) groups excluding carboxylic acids is 5. The molecule has 2 aliphatic heterocycles. The Morgan fingerprint density at radius 3 is 2.09 bits per heavy atom. The number of para-hydroxylation sites is 1. The van der Waals surface area contributed by atoms with Crippen molar-refractivity contribution in [3.63, 3.8) is 0 Å². The maximum absolute atomic E-state index is 15.4. The molecule has 2 aliphatic carbocycles. The molecule has 55 heavy (non-hydrogen) atoms. The average Bonchev–Trinajstić information content (AvgIpc) is 3.60. The lowest BCUT2D eigenvalue weighted by Crippen LogP contribution is -2.53. The van der Waals surface area contributed by atoms with E-state index in [9.17, 15) is 24.3 Å². The SMILES string of the molecule is O=C(c1ccccc1)c1ccc(N2C(=O)C3CC=C4C(CC5C(=O)N(c6cccc(Cl)c6)C(=O)C5(c5ccccc5)C4c4cccc(F)c4O)C3C2=O)cc1. The topological polar surface area (TPSA) is 112 Å². The molecule has 1 N–H and O–H groups in total. The number of anilines is 2. The standard InChI is InChI=1S/C45H32ClFN2O6/c46-28-13-7-14-30(23-28)49-42(53)35-24-34-31(38(33-15-8-16-36(47)40(33)51)45(35,44(49)55)27-11-5-2-6-12-27)21-22-32-37(34)43(54)48(41(32)52)29-19-17-26(18-20-29)39(50)25-9-3-1-4-10-25/h1-21,23,32,34-35,37-38,51H,22,24H2. The van der Waals surface area contributed by atoms with E-state index in [-0.39, 0.29) is 29.9 Å². The van der Waals surface area contributed by atoms with Crippen LogP contribution in [0.25, 0.3) is 0 Å². The number of allylic oxidation sites excluding steroid dienone is 2. The minimum Gasteiger partial charge on any atom is -0.505 e. The Balaban J connectivity index is 1.18. The molecule has 3 fully saturated rings. The molecule has 6 atom stereocenters. The van der Waals surface area contributed by atoms with Crippen LogP contribution >= 0.6 is 11.6 Å². The third-order valence-electron chi connectivity index (χ3n) is 11.9. The zero-order chi connectivity index (χ0) is 38.2. The summed E-state index contributed by atoms with van der Waals surface area (Å²) in [6, 6.07) is 34.5. The number of ketones is 1. The molecule has 10 heteroatoms. The van der Waals surface area contributed by atoms with Gasteiger partial charge in [0.05, 0.1) is 34.5 Å². The third kappa shape index (κ3) is 5.06. The van der Waals surface area contributed by atoms with Crippen molar-refractivity contribution in [2.75, 3.05) is 9.80 Å². The number of aromatic hydroxyl groups is 1. The Morgan fingerprint density at radius 2 is 1.38 bits per heavy atom. The van der Waals surface area contributed by atoms with Crippen LogP contribution in [0.4, 0.5) is 15.8 Å². The first-order valence-electron chi connectivity index (χ1n) is 18.1. The lowest BCUT2D eigenvalue weighted by atomic mass is 9.49. The second-order valence-corrected chi connectivity index (χ2v) is 15.0. The second kappa shape index (κ2) is 13.0. The number of amides is 4. The van der Waals surface area contributed by atoms with Crippen molar-refractivity contribution < 1.29 is 33.5 Å². The summed E-state index contributed by atoms with van der Waals surface area (Å²) in [5, 5.41) is 11.7. The van der Waals surface area contributed by atoms with Crippen molar-refractivity contribution in [3.05, 3.63) is 172 Å². The van der Waals surface area contributed by atoms with Gasteiger partial charge in [0.1, 0.15) is 0 Å². The summed E-state index contributed by atoms with van der Waals surface area (Å²) in [5.74, 6) is -8.28. The molecule has 4 amide bonds. The number of hydrogen-bond donors (Lipinski definition) is 1. The summed E-state index contributed by atoms with van der Waals surface area (Å²) in [6.45, 7) is 0. The van der Waals surface area contributed by atoms with Crippen LogP contribution in [0.3, 0.4) is 0 Å². The highest BCUT2D eigenvalue weighted by Crippen LogP contribution is 2.65. The van der Waals surface area contributed by atoms with Crippen LogP contribution in [-0.2, 0) is 24.6 Å². The molecule has 8 nitrogen and oxygen atoms in total. The van der Waals surface area contributed by atoms with E-state index in [2.05, 4.69) is 0 Å². The molecule has 0 spiro atoms. The number of fused-ring (bicyclic) bond motifs is 4. The smallest absolute Gasteiger partial charge is 0.246 e. The minimum absolute atomic E-state index is 0.0352. The maximum Gasteiger partial charge on any atom is 0.246 e. The fraction of sp³-hybridized carbons (Fsp3) is 0.178. The molecule has 2 heterocycles. The highest BCUT2D eigenvalue weighted by molar-refractivity contribution is 6.32. The molecule has 0 radical (unpaired) electrons. The Labute approximate surface area is 320 Å². The maximum atomic E-state index is 15.4. The van der Waals surface area contributed by atoms with Gasteiger partial charge in [0, 0.05) is 27.6 Å². The fourth-order valence-electron chi connectivity index (χ4n) is 9.63. The quantitative estimate of drug-likeness (QED) is 0.108. The van der Waals surface area contributed by atoms with Gasteiger partial charge in [-0.1, -0.05) is 102 Å². The predicted octanol–water partition coefficient (Wildman–Crippen LogP) is 7.78. The second-order valence-electron chi connectivity index (χ2n) is 14.5. The number of phenolic OH excluding ortho intramolecular Hbond substituents is 1. The van der Waals surface area contributed by atoms with Gasteiger partial charge in [0.2, 0.25) is 23.6 Å². The van der Waals surface area contributed by atoms with E-state index in [4.69, 9.17) is 11.6 Å². The molecule has 4 aliphatic rings. The first kappa shape index (κ1) is 34.6. The minimum atomic E-state index is -1.66. The lowest BCUT2D eigenvalue weighted by molar-refractivity contribution is -0.127. The number of halogens is 2. The van der Waals surface area contributed by atoms with Crippen LogP contribution in [-0.4, -0.2) is 34.5 Å². The van der Waals surface area contributed by atoms with Crippen molar-refractivity contribution in [2.45, 2.75) is 24.2 Å². The van der Waals surface area contributed by atoms with Gasteiger partial charge >= 0.3 is 0 Å². The number of imide groups is 2. The Hall–Kier alpha value is -6.19. The van der Waals surface area contributed by atoms with Gasteiger partial charge in [-0.15, -0.1) is 0 Å². The molecule has 9 rings (SSSR count). The van der Waals surface area contributed by atoms with E-state index < -0.39 is 70.2 Å². The van der Waals surface area contributed by atoms with Crippen molar-refractivity contribution in [1.82, 2.24) is 0 Å². The van der Waals surface area contributed by atoms with Gasteiger partial charge < -0.3 is 5.11 Å². The molecule has 5 aromatic rings. The van der Waals surface area contributed by atoms with Crippen molar-refractivity contribution in [1.29, 1.82) is 0 Å². The lowest BCUT2D eigenvalue weighted by Gasteiger charge is -2.50. The molecule has 0 aromatic heterocycles. The molecule has 0 bridgehead atoms. The molecule has 5 aromatic carbocycles. The summed E-state index contributed by atoms with van der Waals surface area (Å²) in [4.78, 5) is 74.4. The van der Waals surface area contributed by atoms with Crippen LogP contribution in [0.1, 0.15) is 45.8 Å². The van der Waals surface area contributed by atoms with Gasteiger partial charge in [-0.25, -0.2) is 9.29 Å². The van der Waals surface area contributed by atoms with Gasteiger partial charge in [0.25, 0.3) is 0 Å². The van der Waals surface area contributed by atoms with Crippen molar-refractivity contribution in [2.24, 2.45) is 23.7 Å². The largest absolute Gasteiger partial charge is 0.505 e. The monoisotopic (exact) mass is 750 g/mol. The van der Waals surface area contributed by atoms with E-state index in [0.29, 0.717) is 33.0 Å². The first-order valence-corrected chi connectivity index (χ1v) is 18.4. The third-order valence-corrected chi connectivity index (χ3v) is 12.2. The van der Waals surface area contributed by atoms with Gasteiger partial charge in [-0.3, -0.25) is 28.9 Å². The number of nitrogens with zero attached hydrogens (tertiary/aromatic N) is 2. The summed E-state index contributed by atoms with van der Waals surface area (Å²) >= 11 is 6.37. The van der Waals surface area contributed by atoms with E-state index >= 15 is 9.18 Å². The van der Waals surface area contributed by atoms with Gasteiger partial charge in [0.15, 0.2) is 17.3 Å². The summed E-state index contributed by atoms with van der Waals surface area (Å²) < 4.78 is 15.4. The number of carbonyl (C=O) groups is 5. The Kier molecular flexibility index (Phi) is 8.16. The van der Waals surface area contributed by atoms with Gasteiger partial charge in [-0.05, 0) is 72.9 Å². The Morgan fingerprint density at radius 1 is 0.709 bits per heavy atom. The molecule has 6 unspecified atom stereocenters. The predicted molar refractivity (Wildman–Crippen MR) is 203 cm³/mol. The van der Waals surface area contributed by atoms with E-state index in [1.165, 1.54) is 12.1 Å². The number of rotatable bonds is 6. The first-order chi connectivity index (χ1) is 26.6. The number of phenols is 1. The van der Waals surface area contributed by atoms with Crippen LogP contribution in [0.2, 0.25) is 5.02 Å². The van der Waals surface area contributed by atoms with E-state index in [1.807, 2.05) is 12.1 Å². The van der Waals surface area contributed by atoms with Gasteiger partial charge in [-0.2, -0.15) is 0 Å². The van der Waals surface area contributed by atoms with Crippen molar-refractivity contribution in [3.8, 4) is 5.75 Å². The molecule has 272 valence electrons. The Bertz CT molecular complexity index is 2470. The van der Waals surface area contributed by atoms with Crippen LogP contribution in [0.15, 0.2) is 139 Å². The number of benzene rings is 5. The summed E-state index contributed by atoms with van der Waals surface area (Å²) in [5.41, 5.74) is 0.996. The highest BCUT2D eigenvalue weighted by atomic mass is 35.5. The van der Waals surface area contributed by atoms with Crippen LogP contribution in [0, 0.1) is 29.5 Å². The zero-order valence-corrected chi connectivity index (χ0v) is 29.9.